The summed E-state index contributed by atoms with van der Waals surface area (Å²) in [4.78, 5) is 9.80. The van der Waals surface area contributed by atoms with Gasteiger partial charge in [0.15, 0.2) is 0 Å². The summed E-state index contributed by atoms with van der Waals surface area (Å²) in [7, 11) is 1.80. The highest BCUT2D eigenvalue weighted by atomic mass is 16.6. The van der Waals surface area contributed by atoms with E-state index in [1.165, 1.54) is 12.1 Å². The van der Waals surface area contributed by atoms with Crippen molar-refractivity contribution in [1.82, 2.24) is 5.32 Å². The Morgan fingerprint density at radius 2 is 2.00 bits per heavy atom. The fraction of sp³-hybridized carbons (Fsp3) is 0.455. The third-order valence-electron chi connectivity index (χ3n) is 1.72. The van der Waals surface area contributed by atoms with Crippen LogP contribution in [0, 0.1) is 10.1 Å². The van der Waals surface area contributed by atoms with Crippen LogP contribution >= 0.6 is 0 Å². The third-order valence-corrected chi connectivity index (χ3v) is 1.72. The molecule has 17 heavy (non-hydrogen) atoms. The Hall–Kier alpha value is -1.66. The molecule has 96 valence electrons. The Balaban J connectivity index is 0.000000437. The summed E-state index contributed by atoms with van der Waals surface area (Å²) in [6.45, 7) is 3.36. The summed E-state index contributed by atoms with van der Waals surface area (Å²) in [6, 6.07) is 6.01. The van der Waals surface area contributed by atoms with E-state index in [2.05, 4.69) is 5.32 Å². The second-order valence-corrected chi connectivity index (χ2v) is 3.01. The Bertz CT molecular complexity index is 312. The second-order valence-electron chi connectivity index (χ2n) is 3.01. The quantitative estimate of drug-likeness (QED) is 0.598. The van der Waals surface area contributed by atoms with E-state index in [4.69, 9.17) is 9.84 Å². The number of hydrogen-bond acceptors (Lipinski definition) is 5. The van der Waals surface area contributed by atoms with Gasteiger partial charge in [0.25, 0.3) is 5.69 Å². The van der Waals surface area contributed by atoms with Crippen LogP contribution in [0.1, 0.15) is 6.92 Å². The lowest BCUT2D eigenvalue weighted by Gasteiger charge is -2.00. The van der Waals surface area contributed by atoms with E-state index in [0.717, 1.165) is 0 Å². The lowest BCUT2D eigenvalue weighted by molar-refractivity contribution is -0.384. The molecule has 0 fully saturated rings. The van der Waals surface area contributed by atoms with E-state index in [1.807, 2.05) is 6.92 Å². The van der Waals surface area contributed by atoms with Crippen LogP contribution < -0.4 is 10.1 Å². The zero-order chi connectivity index (χ0) is 13.1. The van der Waals surface area contributed by atoms with E-state index in [0.29, 0.717) is 18.9 Å². The van der Waals surface area contributed by atoms with Gasteiger partial charge in [-0.05, 0) is 26.1 Å². The number of ether oxygens (including phenoxy) is 1. The smallest absolute Gasteiger partial charge is 0.269 e. The van der Waals surface area contributed by atoms with Crippen molar-refractivity contribution in [3.05, 3.63) is 34.4 Å². The van der Waals surface area contributed by atoms with E-state index in [-0.39, 0.29) is 12.3 Å². The molecule has 1 aromatic rings. The van der Waals surface area contributed by atoms with Crippen LogP contribution in [0.5, 0.6) is 5.75 Å². The average molecular weight is 242 g/mol. The molecule has 6 heteroatoms. The van der Waals surface area contributed by atoms with Crippen molar-refractivity contribution in [3.63, 3.8) is 0 Å². The minimum atomic E-state index is -0.435. The minimum absolute atomic E-state index is 0.0819. The van der Waals surface area contributed by atoms with Gasteiger partial charge in [0.2, 0.25) is 0 Å². The molecule has 0 aromatic heterocycles. The standard InChI is InChI=1S/C8H9NO3.C3H9NO/c1-2-12-8-5-3-7(4-6-8)9(10)11;1-4-2-3-5/h3-6H,2H2,1H3;4-5H,2-3H2,1H3. The molecule has 1 rings (SSSR count). The Morgan fingerprint density at radius 1 is 1.41 bits per heavy atom. The Kier molecular flexibility index (Phi) is 8.62. The first-order chi connectivity index (χ1) is 8.15. The summed E-state index contributed by atoms with van der Waals surface area (Å²) in [6.07, 6.45) is 0. The summed E-state index contributed by atoms with van der Waals surface area (Å²) in [5.41, 5.74) is 0.0819. The zero-order valence-corrected chi connectivity index (χ0v) is 10.0. The molecule has 0 spiro atoms. The zero-order valence-electron chi connectivity index (χ0n) is 10.0. The van der Waals surface area contributed by atoms with E-state index in [9.17, 15) is 10.1 Å². The fourth-order valence-electron chi connectivity index (χ4n) is 0.943. The molecule has 0 heterocycles. The normalized spacial score (nSPS) is 9.12. The van der Waals surface area contributed by atoms with Crippen molar-refractivity contribution in [2.24, 2.45) is 0 Å². The summed E-state index contributed by atoms with van der Waals surface area (Å²) < 4.78 is 5.12. The number of hydrogen-bond donors (Lipinski definition) is 2. The second kappa shape index (κ2) is 9.56. The molecule has 1 aromatic carbocycles. The van der Waals surface area contributed by atoms with Crippen LogP contribution in [0.2, 0.25) is 0 Å². The minimum Gasteiger partial charge on any atom is -0.494 e. The molecule has 0 unspecified atom stereocenters. The molecule has 0 aliphatic carbocycles. The highest BCUT2D eigenvalue weighted by molar-refractivity contribution is 5.35. The lowest BCUT2D eigenvalue weighted by atomic mass is 10.3. The van der Waals surface area contributed by atoms with Gasteiger partial charge < -0.3 is 15.2 Å². The van der Waals surface area contributed by atoms with Gasteiger partial charge in [0.05, 0.1) is 18.1 Å². The maximum Gasteiger partial charge on any atom is 0.269 e. The molecule has 0 radical (unpaired) electrons. The number of benzene rings is 1. The summed E-state index contributed by atoms with van der Waals surface area (Å²) in [5.74, 6) is 0.656. The molecule has 0 saturated heterocycles. The van der Waals surface area contributed by atoms with Gasteiger partial charge in [-0.2, -0.15) is 0 Å². The maximum atomic E-state index is 10.2. The number of non-ortho nitro benzene ring substituents is 1. The van der Waals surface area contributed by atoms with Gasteiger partial charge in [-0.25, -0.2) is 0 Å². The van der Waals surface area contributed by atoms with Gasteiger partial charge in [0.1, 0.15) is 5.75 Å². The van der Waals surface area contributed by atoms with Crippen molar-refractivity contribution in [1.29, 1.82) is 0 Å². The van der Waals surface area contributed by atoms with Crippen molar-refractivity contribution in [2.45, 2.75) is 6.92 Å². The van der Waals surface area contributed by atoms with E-state index >= 15 is 0 Å². The maximum absolute atomic E-state index is 10.2. The van der Waals surface area contributed by atoms with Gasteiger partial charge in [0, 0.05) is 18.7 Å². The monoisotopic (exact) mass is 242 g/mol. The van der Waals surface area contributed by atoms with Crippen LogP contribution in [0.4, 0.5) is 5.69 Å². The number of nitro benzene ring substituents is 1. The number of nitrogens with zero attached hydrogens (tertiary/aromatic N) is 1. The summed E-state index contributed by atoms with van der Waals surface area (Å²) in [5, 5.41) is 21.0. The Labute approximate surface area is 100 Å². The van der Waals surface area contributed by atoms with Crippen molar-refractivity contribution < 1.29 is 14.8 Å². The molecule has 2 N–H and O–H groups in total. The fourth-order valence-corrected chi connectivity index (χ4v) is 0.943. The van der Waals surface area contributed by atoms with Crippen LogP contribution in [-0.4, -0.2) is 36.8 Å². The third kappa shape index (κ3) is 7.26. The first kappa shape index (κ1) is 15.3. The Morgan fingerprint density at radius 3 is 2.29 bits per heavy atom. The number of nitro groups is 1. The first-order valence-electron chi connectivity index (χ1n) is 5.28. The summed E-state index contributed by atoms with van der Waals surface area (Å²) >= 11 is 0. The van der Waals surface area contributed by atoms with Crippen LogP contribution in [0.15, 0.2) is 24.3 Å². The predicted molar refractivity (Wildman–Crippen MR) is 65.3 cm³/mol. The molecule has 0 amide bonds. The highest BCUT2D eigenvalue weighted by Crippen LogP contribution is 2.16. The largest absolute Gasteiger partial charge is 0.494 e. The molecule has 6 nitrogen and oxygen atoms in total. The molecule has 0 aliphatic heterocycles. The SMILES string of the molecule is CCOc1ccc([N+](=O)[O-])cc1.CNCCO. The molecular weight excluding hydrogens is 224 g/mol. The van der Waals surface area contributed by atoms with Crippen molar-refractivity contribution in [2.75, 3.05) is 26.8 Å². The van der Waals surface area contributed by atoms with Gasteiger partial charge >= 0.3 is 0 Å². The van der Waals surface area contributed by atoms with E-state index < -0.39 is 4.92 Å². The topological polar surface area (TPSA) is 84.6 Å². The van der Waals surface area contributed by atoms with Crippen LogP contribution in [0.25, 0.3) is 0 Å². The number of rotatable bonds is 5. The molecule has 0 bridgehead atoms. The molecule has 0 saturated carbocycles. The van der Waals surface area contributed by atoms with Crippen molar-refractivity contribution >= 4 is 5.69 Å². The first-order valence-corrected chi connectivity index (χ1v) is 5.28. The van der Waals surface area contributed by atoms with E-state index in [1.54, 1.807) is 19.2 Å². The van der Waals surface area contributed by atoms with Gasteiger partial charge in [-0.1, -0.05) is 0 Å². The number of aliphatic hydroxyl groups is 1. The predicted octanol–water partition coefficient (Wildman–Crippen LogP) is 1.19. The van der Waals surface area contributed by atoms with Gasteiger partial charge in [-0.15, -0.1) is 0 Å². The molecule has 0 atom stereocenters. The van der Waals surface area contributed by atoms with Crippen molar-refractivity contribution in [3.8, 4) is 5.75 Å². The highest BCUT2D eigenvalue weighted by Gasteiger charge is 2.03. The molecular formula is C11H18N2O4. The number of likely N-dealkylation sites (N-methyl/N-ethyl adjacent to an activating group) is 1. The number of aliphatic hydroxyl groups excluding tert-OH is 1. The number of nitrogens with one attached hydrogen (secondary N) is 1. The molecule has 0 aliphatic rings. The van der Waals surface area contributed by atoms with Crippen LogP contribution in [0.3, 0.4) is 0 Å². The lowest BCUT2D eigenvalue weighted by Crippen LogP contribution is -2.10. The van der Waals surface area contributed by atoms with Crippen LogP contribution in [-0.2, 0) is 0 Å². The average Bonchev–Trinajstić information content (AvgIpc) is 2.32. The van der Waals surface area contributed by atoms with Gasteiger partial charge in [-0.3, -0.25) is 10.1 Å².